The molecule has 4 heteroatoms. The van der Waals surface area contributed by atoms with E-state index in [-0.39, 0.29) is 17.9 Å². The number of carbonyl (C=O) groups is 1. The van der Waals surface area contributed by atoms with E-state index in [0.717, 1.165) is 11.1 Å². The van der Waals surface area contributed by atoms with Crippen LogP contribution in [0.5, 0.6) is 0 Å². The van der Waals surface area contributed by atoms with Crippen LogP contribution in [0.1, 0.15) is 24.1 Å². The second-order valence-electron chi connectivity index (χ2n) is 6.02. The normalized spacial score (nSPS) is 13.3. The van der Waals surface area contributed by atoms with Gasteiger partial charge in [0.15, 0.2) is 0 Å². The maximum atomic E-state index is 12.5. The Morgan fingerprint density at radius 2 is 1.67 bits per heavy atom. The molecule has 1 amide bonds. The summed E-state index contributed by atoms with van der Waals surface area (Å²) in [4.78, 5) is 14.2. The zero-order chi connectivity index (χ0) is 17.4. The van der Waals surface area contributed by atoms with Gasteiger partial charge in [0, 0.05) is 19.6 Å². The molecular formula is C20H26N2O2. The number of hydrogen-bond donors (Lipinski definition) is 1. The molecule has 2 rings (SSSR count). The van der Waals surface area contributed by atoms with Gasteiger partial charge in [-0.15, -0.1) is 0 Å². The van der Waals surface area contributed by atoms with Crippen molar-refractivity contribution in [2.75, 3.05) is 20.2 Å². The summed E-state index contributed by atoms with van der Waals surface area (Å²) in [6.07, 6.45) is 0. The molecule has 0 spiro atoms. The van der Waals surface area contributed by atoms with E-state index in [4.69, 9.17) is 10.5 Å². The van der Waals surface area contributed by atoms with E-state index in [2.05, 4.69) is 0 Å². The van der Waals surface area contributed by atoms with Crippen molar-refractivity contribution in [1.82, 2.24) is 4.90 Å². The van der Waals surface area contributed by atoms with Crippen LogP contribution >= 0.6 is 0 Å². The largest absolute Gasteiger partial charge is 0.375 e. The fraction of sp³-hybridized carbons (Fsp3) is 0.350. The minimum absolute atomic E-state index is 0.0367. The number of benzene rings is 2. The molecule has 0 radical (unpaired) electrons. The molecule has 0 heterocycles. The van der Waals surface area contributed by atoms with Crippen LogP contribution in [-0.2, 0) is 16.1 Å². The van der Waals surface area contributed by atoms with Gasteiger partial charge < -0.3 is 15.4 Å². The van der Waals surface area contributed by atoms with Crippen LogP contribution in [-0.4, -0.2) is 31.0 Å². The van der Waals surface area contributed by atoms with E-state index in [0.29, 0.717) is 19.8 Å². The highest BCUT2D eigenvalue weighted by Gasteiger charge is 2.24. The van der Waals surface area contributed by atoms with Gasteiger partial charge in [-0.25, -0.2) is 0 Å². The number of ether oxygens (including phenoxy) is 1. The molecule has 0 aliphatic rings. The average molecular weight is 326 g/mol. The average Bonchev–Trinajstić information content (AvgIpc) is 2.64. The molecule has 2 unspecified atom stereocenters. The monoisotopic (exact) mass is 326 g/mol. The van der Waals surface area contributed by atoms with Crippen molar-refractivity contribution in [3.05, 3.63) is 71.8 Å². The van der Waals surface area contributed by atoms with Crippen molar-refractivity contribution in [1.29, 1.82) is 0 Å². The predicted molar refractivity (Wildman–Crippen MR) is 96.3 cm³/mol. The minimum atomic E-state index is -0.300. The Morgan fingerprint density at radius 1 is 1.08 bits per heavy atom. The fourth-order valence-electron chi connectivity index (χ4n) is 2.54. The van der Waals surface area contributed by atoms with E-state index in [1.165, 1.54) is 0 Å². The molecule has 24 heavy (non-hydrogen) atoms. The molecule has 0 aliphatic carbocycles. The van der Waals surface area contributed by atoms with Crippen LogP contribution in [0.3, 0.4) is 0 Å². The molecule has 4 nitrogen and oxygen atoms in total. The Kier molecular flexibility index (Phi) is 6.97. The molecule has 2 aromatic carbocycles. The van der Waals surface area contributed by atoms with Gasteiger partial charge in [0.05, 0.1) is 19.1 Å². The van der Waals surface area contributed by atoms with Crippen LogP contribution in [0, 0.1) is 5.92 Å². The number of hydrogen-bond acceptors (Lipinski definition) is 3. The number of rotatable bonds is 8. The van der Waals surface area contributed by atoms with Crippen molar-refractivity contribution in [2.45, 2.75) is 19.6 Å². The van der Waals surface area contributed by atoms with E-state index >= 15 is 0 Å². The molecule has 0 aliphatic heterocycles. The van der Waals surface area contributed by atoms with Crippen molar-refractivity contribution in [3.63, 3.8) is 0 Å². The number of amides is 1. The third-order valence-electron chi connectivity index (χ3n) is 4.17. The second kappa shape index (κ2) is 9.21. The Labute approximate surface area is 144 Å². The molecule has 0 bridgehead atoms. The lowest BCUT2D eigenvalue weighted by Gasteiger charge is -2.25. The van der Waals surface area contributed by atoms with Gasteiger partial charge >= 0.3 is 0 Å². The van der Waals surface area contributed by atoms with Crippen molar-refractivity contribution in [3.8, 4) is 0 Å². The number of likely N-dealkylation sites (N-methyl/N-ethyl adjacent to an activating group) is 1. The van der Waals surface area contributed by atoms with E-state index in [1.807, 2.05) is 67.6 Å². The minimum Gasteiger partial charge on any atom is -0.375 e. The molecule has 0 saturated carbocycles. The van der Waals surface area contributed by atoms with Crippen molar-refractivity contribution in [2.24, 2.45) is 11.7 Å². The summed E-state index contributed by atoms with van der Waals surface area (Å²) >= 11 is 0. The number of nitrogens with zero attached hydrogens (tertiary/aromatic N) is 1. The lowest BCUT2D eigenvalue weighted by atomic mass is 9.94. The second-order valence-corrected chi connectivity index (χ2v) is 6.02. The Bertz CT molecular complexity index is 616. The highest BCUT2D eigenvalue weighted by molar-refractivity contribution is 5.79. The zero-order valence-corrected chi connectivity index (χ0v) is 14.4. The molecular weight excluding hydrogens is 300 g/mol. The van der Waals surface area contributed by atoms with Crippen LogP contribution in [0.25, 0.3) is 0 Å². The predicted octanol–water partition coefficient (Wildman–Crippen LogP) is 3.00. The maximum absolute atomic E-state index is 12.5. The highest BCUT2D eigenvalue weighted by atomic mass is 16.5. The summed E-state index contributed by atoms with van der Waals surface area (Å²) in [7, 11) is 1.79. The Hall–Kier alpha value is -2.17. The topological polar surface area (TPSA) is 55.6 Å². The first-order valence-electron chi connectivity index (χ1n) is 8.26. The first-order chi connectivity index (χ1) is 11.6. The smallest absolute Gasteiger partial charge is 0.227 e. The number of carbonyl (C=O) groups excluding carboxylic acids is 1. The third-order valence-corrected chi connectivity index (χ3v) is 4.17. The van der Waals surface area contributed by atoms with E-state index in [9.17, 15) is 4.79 Å². The molecule has 0 aromatic heterocycles. The summed E-state index contributed by atoms with van der Waals surface area (Å²) in [5.41, 5.74) is 8.34. The van der Waals surface area contributed by atoms with Gasteiger partial charge in [-0.05, 0) is 11.1 Å². The van der Waals surface area contributed by atoms with Gasteiger partial charge in [0.1, 0.15) is 0 Å². The SMILES string of the molecule is CC(C(=O)N(C)CCOCc1ccccc1)C(N)c1ccccc1. The first-order valence-corrected chi connectivity index (χ1v) is 8.26. The van der Waals surface area contributed by atoms with Crippen molar-refractivity contribution >= 4 is 5.91 Å². The molecule has 2 atom stereocenters. The van der Waals surface area contributed by atoms with Crippen LogP contribution < -0.4 is 5.73 Å². The summed E-state index contributed by atoms with van der Waals surface area (Å²) in [5.74, 6) is -0.235. The summed E-state index contributed by atoms with van der Waals surface area (Å²) < 4.78 is 5.64. The zero-order valence-electron chi connectivity index (χ0n) is 14.4. The van der Waals surface area contributed by atoms with Gasteiger partial charge in [0.2, 0.25) is 5.91 Å². The van der Waals surface area contributed by atoms with Crippen LogP contribution in [0.4, 0.5) is 0 Å². The molecule has 0 fully saturated rings. The van der Waals surface area contributed by atoms with Crippen LogP contribution in [0.15, 0.2) is 60.7 Å². The third kappa shape index (κ3) is 5.18. The lowest BCUT2D eigenvalue weighted by molar-refractivity contribution is -0.135. The highest BCUT2D eigenvalue weighted by Crippen LogP contribution is 2.20. The maximum Gasteiger partial charge on any atom is 0.227 e. The summed E-state index contributed by atoms with van der Waals surface area (Å²) in [6, 6.07) is 19.4. The van der Waals surface area contributed by atoms with Gasteiger partial charge in [-0.3, -0.25) is 4.79 Å². The fourth-order valence-corrected chi connectivity index (χ4v) is 2.54. The summed E-state index contributed by atoms with van der Waals surface area (Å²) in [5, 5.41) is 0. The van der Waals surface area contributed by atoms with Gasteiger partial charge in [0.25, 0.3) is 0 Å². The quantitative estimate of drug-likeness (QED) is 0.759. The van der Waals surface area contributed by atoms with Crippen LogP contribution in [0.2, 0.25) is 0 Å². The Morgan fingerprint density at radius 3 is 2.29 bits per heavy atom. The first kappa shape index (κ1) is 18.2. The summed E-state index contributed by atoms with van der Waals surface area (Å²) in [6.45, 7) is 3.49. The number of nitrogens with two attached hydrogens (primary N) is 1. The molecule has 2 aromatic rings. The van der Waals surface area contributed by atoms with Crippen molar-refractivity contribution < 1.29 is 9.53 Å². The standard InChI is InChI=1S/C20H26N2O2/c1-16(19(21)18-11-7-4-8-12-18)20(23)22(2)13-14-24-15-17-9-5-3-6-10-17/h3-12,16,19H,13-15,21H2,1-2H3. The molecule has 2 N–H and O–H groups in total. The van der Waals surface area contributed by atoms with E-state index < -0.39 is 0 Å². The van der Waals surface area contributed by atoms with Gasteiger partial charge in [-0.1, -0.05) is 67.6 Å². The Balaban J connectivity index is 1.77. The molecule has 128 valence electrons. The lowest BCUT2D eigenvalue weighted by Crippen LogP contribution is -2.38. The van der Waals surface area contributed by atoms with Gasteiger partial charge in [-0.2, -0.15) is 0 Å². The molecule has 0 saturated heterocycles. The van der Waals surface area contributed by atoms with E-state index in [1.54, 1.807) is 11.9 Å².